The van der Waals surface area contributed by atoms with Crippen molar-refractivity contribution in [2.45, 2.75) is 33.2 Å². The van der Waals surface area contributed by atoms with Crippen molar-refractivity contribution in [3.63, 3.8) is 0 Å². The molecule has 162 valence electrons. The van der Waals surface area contributed by atoms with Gasteiger partial charge in [0.15, 0.2) is 0 Å². The van der Waals surface area contributed by atoms with Gasteiger partial charge in [0.25, 0.3) is 5.91 Å². The van der Waals surface area contributed by atoms with Crippen LogP contribution in [0.5, 0.6) is 0 Å². The lowest BCUT2D eigenvalue weighted by Gasteiger charge is -2.12. The number of aromatic nitrogens is 2. The lowest BCUT2D eigenvalue weighted by atomic mass is 10.0. The molecule has 0 saturated heterocycles. The molecule has 0 atom stereocenters. The van der Waals surface area contributed by atoms with Gasteiger partial charge in [-0.05, 0) is 54.8 Å². The van der Waals surface area contributed by atoms with Crippen LogP contribution in [0.25, 0.3) is 0 Å². The molecule has 3 N–H and O–H groups in total. The number of nitrogens with one attached hydrogen (secondary N) is 1. The number of benzene rings is 1. The number of hydrogen-bond acceptors (Lipinski definition) is 7. The van der Waals surface area contributed by atoms with Crippen molar-refractivity contribution in [1.29, 1.82) is 0 Å². The maximum absolute atomic E-state index is 12.7. The van der Waals surface area contributed by atoms with Gasteiger partial charge in [0.2, 0.25) is 0 Å². The molecule has 0 bridgehead atoms. The van der Waals surface area contributed by atoms with E-state index in [4.69, 9.17) is 5.73 Å². The number of hydrogen-bond donors (Lipinski definition) is 2. The van der Waals surface area contributed by atoms with Crippen molar-refractivity contribution < 1.29 is 14.4 Å². The molecule has 3 heterocycles. The number of amides is 1. The molecule has 1 aliphatic heterocycles. The minimum atomic E-state index is -0.356. The molecule has 8 nitrogen and oxygen atoms in total. The summed E-state index contributed by atoms with van der Waals surface area (Å²) in [7, 11) is 0. The Balaban J connectivity index is 1.45. The van der Waals surface area contributed by atoms with E-state index in [1.807, 2.05) is 38.1 Å². The van der Waals surface area contributed by atoms with Crippen molar-refractivity contribution in [2.75, 3.05) is 5.73 Å². The van der Waals surface area contributed by atoms with Crippen molar-refractivity contribution >= 4 is 23.4 Å². The molecule has 0 radical (unpaired) electrons. The van der Waals surface area contributed by atoms with Crippen molar-refractivity contribution in [3.8, 4) is 0 Å². The number of pyridine rings is 2. The van der Waals surface area contributed by atoms with E-state index >= 15 is 0 Å². The predicted molar refractivity (Wildman–Crippen MR) is 120 cm³/mol. The summed E-state index contributed by atoms with van der Waals surface area (Å²) in [5, 5.41) is 6.77. The molecule has 0 fully saturated rings. The fourth-order valence-corrected chi connectivity index (χ4v) is 3.67. The van der Waals surface area contributed by atoms with Gasteiger partial charge in [-0.25, -0.2) is 9.78 Å². The van der Waals surface area contributed by atoms with E-state index in [1.54, 1.807) is 24.4 Å². The van der Waals surface area contributed by atoms with Crippen LogP contribution in [0.2, 0.25) is 0 Å². The zero-order chi connectivity index (χ0) is 22.7. The molecule has 4 rings (SSSR count). The van der Waals surface area contributed by atoms with Crippen LogP contribution in [-0.4, -0.2) is 27.6 Å². The highest BCUT2D eigenvalue weighted by atomic mass is 16.7. The second-order valence-corrected chi connectivity index (χ2v) is 7.70. The number of carbonyl (C=O) groups excluding carboxylic acids is 2. The smallest absolute Gasteiger partial charge is 0.341 e. The zero-order valence-corrected chi connectivity index (χ0v) is 17.9. The number of nitrogens with two attached hydrogens (primary N) is 1. The molecule has 2 aromatic heterocycles. The lowest BCUT2D eigenvalue weighted by molar-refractivity contribution is -0.140. The van der Waals surface area contributed by atoms with Gasteiger partial charge in [0.05, 0.1) is 12.1 Å². The van der Waals surface area contributed by atoms with Gasteiger partial charge in [-0.15, -0.1) is 0 Å². The normalized spacial score (nSPS) is 12.9. The standard InChI is InChI=1S/C24H23N5O3/c1-14-8-22(25)28-15(2)20(14)13-27-24(31)18-6-7-26-19(11-18)10-16-4-3-5-17(9-16)21-12-23(30)32-29-21/h3-9,11H,10,12-13H2,1-2H3,(H2,25,28)(H,27,31). The van der Waals surface area contributed by atoms with Crippen molar-refractivity contribution in [3.05, 3.63) is 87.9 Å². The largest absolute Gasteiger partial charge is 0.384 e. The van der Waals surface area contributed by atoms with E-state index < -0.39 is 0 Å². The molecule has 3 aromatic rings. The quantitative estimate of drug-likeness (QED) is 0.582. The molecular formula is C24H23N5O3. The first kappa shape index (κ1) is 21.2. The van der Waals surface area contributed by atoms with Crippen LogP contribution >= 0.6 is 0 Å². The Morgan fingerprint density at radius 2 is 2.03 bits per heavy atom. The maximum atomic E-state index is 12.7. The van der Waals surface area contributed by atoms with Crippen LogP contribution in [0.3, 0.4) is 0 Å². The Morgan fingerprint density at radius 3 is 2.78 bits per heavy atom. The molecule has 0 saturated carbocycles. The second kappa shape index (κ2) is 8.97. The van der Waals surface area contributed by atoms with E-state index in [1.165, 1.54) is 0 Å². The third-order valence-corrected chi connectivity index (χ3v) is 5.29. The topological polar surface area (TPSA) is 120 Å². The van der Waals surface area contributed by atoms with E-state index in [-0.39, 0.29) is 18.3 Å². The van der Waals surface area contributed by atoms with Crippen LogP contribution in [0.15, 0.2) is 53.8 Å². The molecule has 0 spiro atoms. The summed E-state index contributed by atoms with van der Waals surface area (Å²) in [4.78, 5) is 37.4. The van der Waals surface area contributed by atoms with Gasteiger partial charge in [-0.3, -0.25) is 9.78 Å². The number of nitrogen functional groups attached to an aromatic ring is 1. The minimum absolute atomic E-state index is 0.167. The number of aryl methyl sites for hydroxylation is 2. The molecule has 0 aliphatic carbocycles. The van der Waals surface area contributed by atoms with Gasteiger partial charge in [0, 0.05) is 41.7 Å². The van der Waals surface area contributed by atoms with Gasteiger partial charge >= 0.3 is 5.97 Å². The first-order chi connectivity index (χ1) is 15.4. The van der Waals surface area contributed by atoms with Crippen LogP contribution in [0, 0.1) is 13.8 Å². The van der Waals surface area contributed by atoms with Crippen LogP contribution in [0.4, 0.5) is 5.82 Å². The summed E-state index contributed by atoms with van der Waals surface area (Å²) in [6.45, 7) is 4.19. The van der Waals surface area contributed by atoms with Crippen LogP contribution in [0.1, 0.15) is 50.4 Å². The SMILES string of the molecule is Cc1cc(N)nc(C)c1CNC(=O)c1ccnc(Cc2cccc(C3=NOC(=O)C3)c2)c1. The van der Waals surface area contributed by atoms with E-state index in [2.05, 4.69) is 25.3 Å². The summed E-state index contributed by atoms with van der Waals surface area (Å²) in [6, 6.07) is 13.0. The Hall–Kier alpha value is -4.07. The van der Waals surface area contributed by atoms with E-state index in [9.17, 15) is 9.59 Å². The summed E-state index contributed by atoms with van der Waals surface area (Å²) < 4.78 is 0. The highest BCUT2D eigenvalue weighted by Gasteiger charge is 2.19. The average Bonchev–Trinajstić information content (AvgIpc) is 3.19. The summed E-state index contributed by atoms with van der Waals surface area (Å²) >= 11 is 0. The highest BCUT2D eigenvalue weighted by molar-refractivity contribution is 6.11. The van der Waals surface area contributed by atoms with Crippen LogP contribution in [-0.2, 0) is 22.6 Å². The van der Waals surface area contributed by atoms with E-state index in [0.717, 1.165) is 33.6 Å². The molecule has 1 aliphatic rings. The first-order valence-corrected chi connectivity index (χ1v) is 10.2. The van der Waals surface area contributed by atoms with Crippen LogP contribution < -0.4 is 11.1 Å². The zero-order valence-electron chi connectivity index (χ0n) is 17.9. The second-order valence-electron chi connectivity index (χ2n) is 7.70. The molecule has 8 heteroatoms. The molecule has 0 unspecified atom stereocenters. The Morgan fingerprint density at radius 1 is 1.19 bits per heavy atom. The predicted octanol–water partition coefficient (Wildman–Crippen LogP) is 2.85. The molecular weight excluding hydrogens is 406 g/mol. The summed E-state index contributed by atoms with van der Waals surface area (Å²) in [6.07, 6.45) is 2.33. The summed E-state index contributed by atoms with van der Waals surface area (Å²) in [5.74, 6) is -0.0722. The Bertz CT molecular complexity index is 1210. The third kappa shape index (κ3) is 4.80. The van der Waals surface area contributed by atoms with Crippen molar-refractivity contribution in [1.82, 2.24) is 15.3 Å². The highest BCUT2D eigenvalue weighted by Crippen LogP contribution is 2.17. The number of oxime groups is 1. The van der Waals surface area contributed by atoms with Gasteiger partial charge in [-0.2, -0.15) is 0 Å². The average molecular weight is 429 g/mol. The fraction of sp³-hybridized carbons (Fsp3) is 0.208. The third-order valence-electron chi connectivity index (χ3n) is 5.29. The van der Waals surface area contributed by atoms with Gasteiger partial charge in [-0.1, -0.05) is 23.4 Å². The Kier molecular flexibility index (Phi) is 5.93. The number of carbonyl (C=O) groups is 2. The Labute approximate surface area is 185 Å². The number of anilines is 1. The summed E-state index contributed by atoms with van der Waals surface area (Å²) in [5.41, 5.74) is 12.3. The number of rotatable bonds is 6. The van der Waals surface area contributed by atoms with Gasteiger partial charge in [0.1, 0.15) is 5.82 Å². The first-order valence-electron chi connectivity index (χ1n) is 10.2. The molecule has 32 heavy (non-hydrogen) atoms. The van der Waals surface area contributed by atoms with E-state index in [0.29, 0.717) is 30.1 Å². The lowest BCUT2D eigenvalue weighted by Crippen LogP contribution is -2.24. The van der Waals surface area contributed by atoms with Gasteiger partial charge < -0.3 is 15.9 Å². The van der Waals surface area contributed by atoms with Crippen molar-refractivity contribution in [2.24, 2.45) is 5.16 Å². The number of nitrogens with zero attached hydrogens (tertiary/aromatic N) is 3. The molecule has 1 amide bonds. The molecule has 1 aromatic carbocycles. The maximum Gasteiger partial charge on any atom is 0.341 e. The monoisotopic (exact) mass is 429 g/mol. The minimum Gasteiger partial charge on any atom is -0.384 e. The fourth-order valence-electron chi connectivity index (χ4n) is 3.67.